The molecule has 0 N–H and O–H groups in total. The fourth-order valence-electron chi connectivity index (χ4n) is 14.2. The van der Waals surface area contributed by atoms with E-state index in [1.54, 1.807) is 51.4 Å². The minimum absolute atomic E-state index is 0.916. The van der Waals surface area contributed by atoms with Crippen LogP contribution in [0.2, 0.25) is 0 Å². The van der Waals surface area contributed by atoms with E-state index in [2.05, 4.69) is 9.80 Å². The molecule has 0 bridgehead atoms. The average molecular weight is 577 g/mol. The first kappa shape index (κ1) is 29.3. The van der Waals surface area contributed by atoms with E-state index in [9.17, 15) is 0 Å². The SMILES string of the molecule is C1CCC(N(C2CCCCC2)C2CC(N(C3CCCCC3)C3CCCCC3)C3CCC4CCCC5CCC2C3C54)CC1. The summed E-state index contributed by atoms with van der Waals surface area (Å²) in [6.07, 6.45) is 43.2. The predicted octanol–water partition coefficient (Wildman–Crippen LogP) is 10.5. The number of nitrogens with zero attached hydrogens (tertiary/aromatic N) is 2. The Balaban J connectivity index is 1.19. The largest absolute Gasteiger partial charge is 0.294 e. The molecular formula is C40H68N2. The lowest BCUT2D eigenvalue weighted by atomic mass is 9.46. The molecular weight excluding hydrogens is 508 g/mol. The third-order valence-electron chi connectivity index (χ3n) is 15.6. The Morgan fingerprint density at radius 1 is 0.286 bits per heavy atom. The zero-order chi connectivity index (χ0) is 27.9. The molecule has 6 atom stereocenters. The van der Waals surface area contributed by atoms with Crippen molar-refractivity contribution in [3.05, 3.63) is 0 Å². The van der Waals surface area contributed by atoms with Crippen molar-refractivity contribution in [1.82, 2.24) is 9.80 Å². The molecule has 0 aromatic heterocycles. The molecule has 0 radical (unpaired) electrons. The Morgan fingerprint density at radius 3 is 1.00 bits per heavy atom. The average Bonchev–Trinajstić information content (AvgIpc) is 3.07. The molecule has 0 heterocycles. The molecule has 0 spiro atoms. The quantitative estimate of drug-likeness (QED) is 0.310. The third kappa shape index (κ3) is 5.60. The summed E-state index contributed by atoms with van der Waals surface area (Å²) in [4.78, 5) is 6.83. The van der Waals surface area contributed by atoms with Crippen LogP contribution in [0, 0.1) is 35.5 Å². The van der Waals surface area contributed by atoms with Gasteiger partial charge in [0.1, 0.15) is 0 Å². The van der Waals surface area contributed by atoms with Gasteiger partial charge in [-0.1, -0.05) is 96.3 Å². The van der Waals surface area contributed by atoms with Gasteiger partial charge in [0.25, 0.3) is 0 Å². The highest BCUT2D eigenvalue weighted by molar-refractivity contribution is 5.11. The van der Waals surface area contributed by atoms with Crippen molar-refractivity contribution in [3.63, 3.8) is 0 Å². The molecule has 238 valence electrons. The molecule has 2 heteroatoms. The van der Waals surface area contributed by atoms with Gasteiger partial charge >= 0.3 is 0 Å². The Hall–Kier alpha value is -0.0800. The summed E-state index contributed by atoms with van der Waals surface area (Å²) in [7, 11) is 0. The van der Waals surface area contributed by atoms with Crippen molar-refractivity contribution in [1.29, 1.82) is 0 Å². The van der Waals surface area contributed by atoms with Gasteiger partial charge in [-0.15, -0.1) is 0 Å². The third-order valence-corrected chi connectivity index (χ3v) is 15.6. The smallest absolute Gasteiger partial charge is 0.0147 e. The second-order valence-corrected chi connectivity index (χ2v) is 17.5. The molecule has 2 nitrogen and oxygen atoms in total. The molecule has 8 rings (SSSR count). The maximum Gasteiger partial charge on any atom is 0.0147 e. The summed E-state index contributed by atoms with van der Waals surface area (Å²) < 4.78 is 0. The van der Waals surface area contributed by atoms with E-state index < -0.39 is 0 Å². The molecule has 0 aromatic carbocycles. The molecule has 0 amide bonds. The van der Waals surface area contributed by atoms with Crippen molar-refractivity contribution in [2.75, 3.05) is 0 Å². The van der Waals surface area contributed by atoms with Crippen LogP contribution in [0.5, 0.6) is 0 Å². The summed E-state index contributed by atoms with van der Waals surface area (Å²) in [5.41, 5.74) is 0. The van der Waals surface area contributed by atoms with E-state index in [0.29, 0.717) is 0 Å². The van der Waals surface area contributed by atoms with Crippen LogP contribution < -0.4 is 0 Å². The molecule has 0 saturated heterocycles. The van der Waals surface area contributed by atoms with Crippen LogP contribution in [-0.2, 0) is 0 Å². The van der Waals surface area contributed by atoms with Gasteiger partial charge in [0, 0.05) is 36.3 Å². The molecule has 0 aliphatic heterocycles. The van der Waals surface area contributed by atoms with E-state index >= 15 is 0 Å². The summed E-state index contributed by atoms with van der Waals surface area (Å²) in [5, 5.41) is 0. The van der Waals surface area contributed by atoms with Gasteiger partial charge in [0.2, 0.25) is 0 Å². The van der Waals surface area contributed by atoms with Crippen molar-refractivity contribution in [2.24, 2.45) is 35.5 Å². The summed E-state index contributed by atoms with van der Waals surface area (Å²) >= 11 is 0. The Labute approximate surface area is 260 Å². The molecule has 8 aliphatic carbocycles. The number of hydrogen-bond acceptors (Lipinski definition) is 2. The van der Waals surface area contributed by atoms with Crippen LogP contribution in [-0.4, -0.2) is 46.1 Å². The minimum atomic E-state index is 0.916. The molecule has 8 fully saturated rings. The van der Waals surface area contributed by atoms with Gasteiger partial charge in [-0.3, -0.25) is 9.80 Å². The molecule has 8 aliphatic rings. The lowest BCUT2D eigenvalue weighted by molar-refractivity contribution is -0.160. The Morgan fingerprint density at radius 2 is 0.643 bits per heavy atom. The number of hydrogen-bond donors (Lipinski definition) is 0. The van der Waals surface area contributed by atoms with Crippen LogP contribution in [0.25, 0.3) is 0 Å². The summed E-state index contributed by atoms with van der Waals surface area (Å²) in [5.74, 6) is 6.47. The normalized spacial score (nSPS) is 43.0. The lowest BCUT2D eigenvalue weighted by Gasteiger charge is -2.65. The molecule has 0 aromatic rings. The van der Waals surface area contributed by atoms with Gasteiger partial charge in [0.15, 0.2) is 0 Å². The zero-order valence-electron chi connectivity index (χ0n) is 27.6. The van der Waals surface area contributed by atoms with Crippen molar-refractivity contribution in [2.45, 2.75) is 216 Å². The monoisotopic (exact) mass is 577 g/mol. The first-order valence-electron chi connectivity index (χ1n) is 20.4. The Kier molecular flexibility index (Phi) is 9.32. The van der Waals surface area contributed by atoms with Gasteiger partial charge in [-0.2, -0.15) is 0 Å². The van der Waals surface area contributed by atoms with Crippen LogP contribution in [0.4, 0.5) is 0 Å². The van der Waals surface area contributed by atoms with Crippen molar-refractivity contribution in [3.8, 4) is 0 Å². The van der Waals surface area contributed by atoms with Gasteiger partial charge in [-0.25, -0.2) is 0 Å². The van der Waals surface area contributed by atoms with Gasteiger partial charge in [0.05, 0.1) is 0 Å². The van der Waals surface area contributed by atoms with E-state index in [1.807, 2.05) is 0 Å². The summed E-state index contributed by atoms with van der Waals surface area (Å²) in [6.45, 7) is 0. The zero-order valence-corrected chi connectivity index (χ0v) is 27.6. The van der Waals surface area contributed by atoms with Crippen LogP contribution >= 0.6 is 0 Å². The van der Waals surface area contributed by atoms with E-state index in [-0.39, 0.29) is 0 Å². The molecule has 8 saturated carbocycles. The van der Waals surface area contributed by atoms with Gasteiger partial charge in [-0.05, 0) is 119 Å². The second-order valence-electron chi connectivity index (χ2n) is 17.5. The van der Waals surface area contributed by atoms with E-state index in [1.165, 1.54) is 128 Å². The highest BCUT2D eigenvalue weighted by atomic mass is 15.3. The summed E-state index contributed by atoms with van der Waals surface area (Å²) in [6, 6.07) is 5.52. The maximum absolute atomic E-state index is 3.42. The lowest BCUT2D eigenvalue weighted by Crippen LogP contribution is -2.67. The number of rotatable bonds is 6. The van der Waals surface area contributed by atoms with E-state index in [0.717, 1.165) is 71.8 Å². The van der Waals surface area contributed by atoms with Crippen LogP contribution in [0.1, 0.15) is 180 Å². The highest BCUT2D eigenvalue weighted by Crippen LogP contribution is 2.62. The van der Waals surface area contributed by atoms with Gasteiger partial charge < -0.3 is 0 Å². The maximum atomic E-state index is 3.42. The second kappa shape index (κ2) is 13.3. The predicted molar refractivity (Wildman–Crippen MR) is 177 cm³/mol. The fraction of sp³-hybridized carbons (Fsp3) is 1.00. The molecule has 6 unspecified atom stereocenters. The van der Waals surface area contributed by atoms with Crippen molar-refractivity contribution < 1.29 is 0 Å². The minimum Gasteiger partial charge on any atom is -0.294 e. The first-order valence-corrected chi connectivity index (χ1v) is 20.4. The fourth-order valence-corrected chi connectivity index (χ4v) is 14.2. The molecule has 42 heavy (non-hydrogen) atoms. The first-order chi connectivity index (χ1) is 20.9. The van der Waals surface area contributed by atoms with Crippen LogP contribution in [0.15, 0.2) is 0 Å². The van der Waals surface area contributed by atoms with Crippen molar-refractivity contribution >= 4 is 0 Å². The van der Waals surface area contributed by atoms with Crippen LogP contribution in [0.3, 0.4) is 0 Å². The highest BCUT2D eigenvalue weighted by Gasteiger charge is 2.59. The topological polar surface area (TPSA) is 6.48 Å². The standard InChI is InChI=1S/C40H68N2/c1-5-16-31(17-6-1)41(32-18-7-2-8-19-32)37-28-38(42(33-20-9-3-10-21-33)34-22-11-4-12-23-34)36-27-25-30-15-13-14-29-24-26-35(37)40(36)39(29)30/h29-40H,1-28H2. The Bertz CT molecular complexity index is 744. The van der Waals surface area contributed by atoms with E-state index in [4.69, 9.17) is 0 Å².